The summed E-state index contributed by atoms with van der Waals surface area (Å²) in [5, 5.41) is 6.25. The third-order valence-electron chi connectivity index (χ3n) is 6.43. The summed E-state index contributed by atoms with van der Waals surface area (Å²) in [5.41, 5.74) is 6.71. The average molecular weight is 502 g/mol. The minimum absolute atomic E-state index is 0.0789. The Labute approximate surface area is 208 Å². The quantitative estimate of drug-likeness (QED) is 0.595. The molecule has 4 N–H and O–H groups in total. The van der Waals surface area contributed by atoms with Crippen LogP contribution in [-0.4, -0.2) is 59.0 Å². The smallest absolute Gasteiger partial charge is 0.323 e. The molecule has 0 radical (unpaired) electrons. The number of benzene rings is 2. The number of nitrogens with two attached hydrogens (primary N) is 1. The summed E-state index contributed by atoms with van der Waals surface area (Å²) in [6, 6.07) is 11.3. The number of halogens is 2. The lowest BCUT2D eigenvalue weighted by molar-refractivity contribution is -0.133. The van der Waals surface area contributed by atoms with Crippen LogP contribution in [0.2, 0.25) is 5.02 Å². The van der Waals surface area contributed by atoms with E-state index in [0.29, 0.717) is 17.1 Å². The molecule has 1 atom stereocenters. The van der Waals surface area contributed by atoms with Crippen molar-refractivity contribution < 1.29 is 18.8 Å². The maximum Gasteiger partial charge on any atom is 0.323 e. The van der Waals surface area contributed by atoms with Gasteiger partial charge >= 0.3 is 6.03 Å². The Bertz CT molecular complexity index is 1080. The Morgan fingerprint density at radius 3 is 2.34 bits per heavy atom. The number of rotatable bonds is 4. The van der Waals surface area contributed by atoms with Gasteiger partial charge in [-0.25, -0.2) is 9.18 Å². The molecule has 1 unspecified atom stereocenters. The minimum atomic E-state index is -1.16. The number of hydrogen-bond acceptors (Lipinski definition) is 4. The minimum Gasteiger partial charge on any atom is -0.350 e. The van der Waals surface area contributed by atoms with E-state index < -0.39 is 29.8 Å². The van der Waals surface area contributed by atoms with Gasteiger partial charge in [0, 0.05) is 41.4 Å². The van der Waals surface area contributed by atoms with Crippen LogP contribution in [0.15, 0.2) is 48.5 Å². The van der Waals surface area contributed by atoms with Crippen molar-refractivity contribution in [1.29, 1.82) is 0 Å². The van der Waals surface area contributed by atoms with Gasteiger partial charge in [-0.05, 0) is 74.6 Å². The zero-order valence-electron chi connectivity index (χ0n) is 19.3. The summed E-state index contributed by atoms with van der Waals surface area (Å²) < 4.78 is 13.4. The molecule has 4 amide bonds. The van der Waals surface area contributed by atoms with Crippen molar-refractivity contribution in [3.05, 3.63) is 64.9 Å². The van der Waals surface area contributed by atoms with Gasteiger partial charge in [0.15, 0.2) is 6.17 Å². The molecule has 0 spiro atoms. The van der Waals surface area contributed by atoms with E-state index in [-0.39, 0.29) is 30.7 Å². The molecule has 0 bridgehead atoms. The number of nitrogens with zero attached hydrogens (tertiary/aromatic N) is 2. The van der Waals surface area contributed by atoms with Crippen LogP contribution in [0.1, 0.15) is 42.5 Å². The van der Waals surface area contributed by atoms with Crippen LogP contribution < -0.4 is 16.4 Å². The van der Waals surface area contributed by atoms with Gasteiger partial charge in [0.25, 0.3) is 11.8 Å². The second-order valence-electron chi connectivity index (χ2n) is 8.99. The summed E-state index contributed by atoms with van der Waals surface area (Å²) in [6.07, 6.45) is 2.40. The first-order valence-electron chi connectivity index (χ1n) is 11.8. The number of urea groups is 1. The van der Waals surface area contributed by atoms with E-state index in [4.69, 9.17) is 17.3 Å². The lowest BCUT2D eigenvalue weighted by Gasteiger charge is -2.43. The number of nitrogens with one attached hydrogen (secondary N) is 2. The van der Waals surface area contributed by atoms with Crippen LogP contribution in [-0.2, 0) is 4.79 Å². The molecule has 1 aliphatic carbocycles. The van der Waals surface area contributed by atoms with Crippen LogP contribution in [0, 0.1) is 5.82 Å². The molecule has 8 nitrogen and oxygen atoms in total. The normalized spacial score (nSPS) is 22.4. The SMILES string of the molecule is NC1CCC(NC(=O)C2N(C(=O)Nc3cccc(Cl)c3)CCCN2C(=O)c2ccc(F)cc2)CC1. The van der Waals surface area contributed by atoms with Crippen molar-refractivity contribution in [2.75, 3.05) is 18.4 Å². The summed E-state index contributed by atoms with van der Waals surface area (Å²) in [6.45, 7) is 0.567. The molecule has 1 heterocycles. The van der Waals surface area contributed by atoms with E-state index in [9.17, 15) is 18.8 Å². The molecule has 10 heteroatoms. The molecule has 4 rings (SSSR count). The Balaban J connectivity index is 1.58. The Hall–Kier alpha value is -3.17. The number of anilines is 1. The molecular formula is C25H29ClFN5O3. The molecule has 2 aromatic carbocycles. The summed E-state index contributed by atoms with van der Waals surface area (Å²) >= 11 is 6.04. The largest absolute Gasteiger partial charge is 0.350 e. The number of carbonyl (C=O) groups is 3. The third kappa shape index (κ3) is 6.10. The summed E-state index contributed by atoms with van der Waals surface area (Å²) in [4.78, 5) is 42.9. The highest BCUT2D eigenvalue weighted by atomic mass is 35.5. The molecule has 35 heavy (non-hydrogen) atoms. The van der Waals surface area contributed by atoms with Crippen molar-refractivity contribution in [2.24, 2.45) is 5.73 Å². The number of carbonyl (C=O) groups excluding carboxylic acids is 3. The van der Waals surface area contributed by atoms with Crippen LogP contribution in [0.3, 0.4) is 0 Å². The lowest BCUT2D eigenvalue weighted by atomic mass is 9.91. The van der Waals surface area contributed by atoms with Gasteiger partial charge in [-0.1, -0.05) is 17.7 Å². The molecule has 2 aliphatic rings. The van der Waals surface area contributed by atoms with E-state index in [1.54, 1.807) is 24.3 Å². The first-order chi connectivity index (χ1) is 16.8. The van der Waals surface area contributed by atoms with E-state index in [2.05, 4.69) is 10.6 Å². The van der Waals surface area contributed by atoms with Crippen molar-refractivity contribution in [2.45, 2.75) is 50.4 Å². The van der Waals surface area contributed by atoms with E-state index in [0.717, 1.165) is 25.7 Å². The van der Waals surface area contributed by atoms with Crippen molar-refractivity contribution in [1.82, 2.24) is 15.1 Å². The third-order valence-corrected chi connectivity index (χ3v) is 6.67. The van der Waals surface area contributed by atoms with Gasteiger partial charge in [0.1, 0.15) is 5.82 Å². The van der Waals surface area contributed by atoms with Crippen LogP contribution >= 0.6 is 11.6 Å². The Morgan fingerprint density at radius 2 is 1.66 bits per heavy atom. The fourth-order valence-electron chi connectivity index (χ4n) is 4.59. The second-order valence-corrected chi connectivity index (χ2v) is 9.42. The van der Waals surface area contributed by atoms with E-state index in [1.165, 1.54) is 34.1 Å². The summed E-state index contributed by atoms with van der Waals surface area (Å²) in [7, 11) is 0. The highest BCUT2D eigenvalue weighted by molar-refractivity contribution is 6.30. The van der Waals surface area contributed by atoms with Crippen LogP contribution in [0.25, 0.3) is 0 Å². The zero-order valence-corrected chi connectivity index (χ0v) is 20.0. The second kappa shape index (κ2) is 11.0. The maximum atomic E-state index is 13.5. The molecule has 2 aromatic rings. The fraction of sp³-hybridized carbons (Fsp3) is 0.400. The Kier molecular flexibility index (Phi) is 7.87. The van der Waals surface area contributed by atoms with E-state index >= 15 is 0 Å². The Morgan fingerprint density at radius 1 is 0.971 bits per heavy atom. The van der Waals surface area contributed by atoms with Gasteiger partial charge in [0.05, 0.1) is 0 Å². The highest BCUT2D eigenvalue weighted by Crippen LogP contribution is 2.23. The van der Waals surface area contributed by atoms with Crippen molar-refractivity contribution in [3.63, 3.8) is 0 Å². The molecule has 186 valence electrons. The molecule has 1 saturated heterocycles. The lowest BCUT2D eigenvalue weighted by Crippen LogP contribution is -2.65. The first kappa shape index (κ1) is 24.9. The molecule has 1 saturated carbocycles. The molecule has 2 fully saturated rings. The van der Waals surface area contributed by atoms with Crippen LogP contribution in [0.4, 0.5) is 14.9 Å². The molecular weight excluding hydrogens is 473 g/mol. The van der Waals surface area contributed by atoms with E-state index in [1.807, 2.05) is 0 Å². The van der Waals surface area contributed by atoms with Gasteiger partial charge in [-0.2, -0.15) is 0 Å². The fourth-order valence-corrected chi connectivity index (χ4v) is 4.78. The predicted octanol–water partition coefficient (Wildman–Crippen LogP) is 3.57. The first-order valence-corrected chi connectivity index (χ1v) is 12.2. The van der Waals surface area contributed by atoms with Crippen molar-refractivity contribution >= 4 is 35.1 Å². The standard InChI is InChI=1S/C25H29ClFN5O3/c26-17-3-1-4-21(15-17)30-25(35)32-14-2-13-31(24(34)16-5-7-18(27)8-6-16)23(32)22(33)29-20-11-9-19(28)10-12-20/h1,3-8,15,19-20,23H,2,9-14,28H2,(H,29,33)(H,30,35). The maximum absolute atomic E-state index is 13.5. The topological polar surface area (TPSA) is 108 Å². The highest BCUT2D eigenvalue weighted by Gasteiger charge is 2.41. The van der Waals surface area contributed by atoms with Crippen molar-refractivity contribution in [3.8, 4) is 0 Å². The monoisotopic (exact) mass is 501 g/mol. The van der Waals surface area contributed by atoms with Gasteiger partial charge < -0.3 is 21.3 Å². The van der Waals surface area contributed by atoms with Crippen LogP contribution in [0.5, 0.6) is 0 Å². The average Bonchev–Trinajstić information content (AvgIpc) is 2.85. The van der Waals surface area contributed by atoms with Gasteiger partial charge in [-0.15, -0.1) is 0 Å². The number of amides is 4. The molecule has 0 aromatic heterocycles. The predicted molar refractivity (Wildman–Crippen MR) is 131 cm³/mol. The number of hydrogen-bond donors (Lipinski definition) is 3. The zero-order chi connectivity index (χ0) is 24.9. The summed E-state index contributed by atoms with van der Waals surface area (Å²) in [5.74, 6) is -1.34. The van der Waals surface area contributed by atoms with Gasteiger partial charge in [-0.3, -0.25) is 14.5 Å². The molecule has 1 aliphatic heterocycles. The van der Waals surface area contributed by atoms with Gasteiger partial charge in [0.2, 0.25) is 0 Å².